The Hall–Kier alpha value is -4.32. The molecule has 1 aromatic heterocycles. The van der Waals surface area contributed by atoms with E-state index in [1.54, 1.807) is 31.5 Å². The second-order valence-corrected chi connectivity index (χ2v) is 9.07. The molecular formula is C29H28N2O4. The minimum atomic E-state index is -0.679. The van der Waals surface area contributed by atoms with Crippen LogP contribution in [0.15, 0.2) is 102 Å². The third kappa shape index (κ3) is 6.38. The zero-order valence-corrected chi connectivity index (χ0v) is 20.0. The molecule has 0 aliphatic rings. The van der Waals surface area contributed by atoms with E-state index < -0.39 is 11.7 Å². The fourth-order valence-corrected chi connectivity index (χ4v) is 3.54. The first-order valence-electron chi connectivity index (χ1n) is 11.4. The van der Waals surface area contributed by atoms with Crippen LogP contribution in [0.3, 0.4) is 0 Å². The number of pyridine rings is 1. The lowest BCUT2D eigenvalue weighted by atomic mass is 10.1. The van der Waals surface area contributed by atoms with Gasteiger partial charge in [-0.3, -0.25) is 14.7 Å². The lowest BCUT2D eigenvalue weighted by Crippen LogP contribution is -2.28. The fourth-order valence-electron chi connectivity index (χ4n) is 3.54. The highest BCUT2D eigenvalue weighted by Gasteiger charge is 2.19. The van der Waals surface area contributed by atoms with Crippen molar-refractivity contribution in [3.63, 3.8) is 0 Å². The average molecular weight is 469 g/mol. The van der Waals surface area contributed by atoms with Crippen LogP contribution >= 0.6 is 0 Å². The first-order valence-corrected chi connectivity index (χ1v) is 11.4. The molecule has 0 fully saturated rings. The largest absolute Gasteiger partial charge is 0.483 e. The summed E-state index contributed by atoms with van der Waals surface area (Å²) in [4.78, 5) is 25.4. The molecule has 6 nitrogen and oxygen atoms in total. The molecule has 0 radical (unpaired) electrons. The van der Waals surface area contributed by atoms with Crippen LogP contribution in [0.5, 0.6) is 5.75 Å². The molecule has 0 bridgehead atoms. The molecule has 35 heavy (non-hydrogen) atoms. The first-order chi connectivity index (χ1) is 16.8. The van der Waals surface area contributed by atoms with Gasteiger partial charge in [-0.15, -0.1) is 0 Å². The standard InChI is InChI=1S/C29H28N2O4/c1-29(2,3)35-28(33)30-27-18-25(32)26(34-20-21-11-6-4-7-12-21)19-31(27)24-16-10-15-23(17-24)22-13-8-5-9-14-22/h4-19H,20H2,1-3H3,(H,30,33). The highest BCUT2D eigenvalue weighted by Crippen LogP contribution is 2.25. The van der Waals surface area contributed by atoms with Crippen LogP contribution in [0.1, 0.15) is 26.3 Å². The molecule has 0 aliphatic carbocycles. The predicted molar refractivity (Wildman–Crippen MR) is 138 cm³/mol. The number of nitrogens with one attached hydrogen (secondary N) is 1. The lowest BCUT2D eigenvalue weighted by molar-refractivity contribution is 0.0635. The molecule has 3 aromatic carbocycles. The molecule has 0 saturated carbocycles. The van der Waals surface area contributed by atoms with Crippen LogP contribution < -0.4 is 15.5 Å². The minimum Gasteiger partial charge on any atom is -0.483 e. The maximum absolute atomic E-state index is 12.9. The quantitative estimate of drug-likeness (QED) is 0.354. The normalized spacial score (nSPS) is 11.1. The van der Waals surface area contributed by atoms with E-state index >= 15 is 0 Å². The van der Waals surface area contributed by atoms with E-state index in [1.165, 1.54) is 6.07 Å². The van der Waals surface area contributed by atoms with Crippen LogP contribution in [0.4, 0.5) is 10.6 Å². The lowest BCUT2D eigenvalue weighted by Gasteiger charge is -2.21. The second-order valence-electron chi connectivity index (χ2n) is 9.07. The van der Waals surface area contributed by atoms with Crippen molar-refractivity contribution in [2.24, 2.45) is 0 Å². The molecular weight excluding hydrogens is 440 g/mol. The Morgan fingerprint density at radius 3 is 2.20 bits per heavy atom. The van der Waals surface area contributed by atoms with E-state index in [-0.39, 0.29) is 23.6 Å². The summed E-state index contributed by atoms with van der Waals surface area (Å²) in [6, 6.07) is 28.8. The summed E-state index contributed by atoms with van der Waals surface area (Å²) in [5, 5.41) is 2.71. The number of amides is 1. The number of anilines is 1. The van der Waals surface area contributed by atoms with Gasteiger partial charge in [0.1, 0.15) is 18.0 Å². The van der Waals surface area contributed by atoms with Gasteiger partial charge in [0, 0.05) is 11.8 Å². The highest BCUT2D eigenvalue weighted by atomic mass is 16.6. The van der Waals surface area contributed by atoms with Crippen LogP contribution in [0, 0.1) is 0 Å². The molecule has 178 valence electrons. The molecule has 1 N–H and O–H groups in total. The third-order valence-corrected chi connectivity index (χ3v) is 5.11. The van der Waals surface area contributed by atoms with Crippen LogP contribution in [0.2, 0.25) is 0 Å². The highest BCUT2D eigenvalue weighted by molar-refractivity contribution is 5.84. The number of aromatic nitrogens is 1. The minimum absolute atomic E-state index is 0.175. The number of carbonyl (C=O) groups is 1. The maximum Gasteiger partial charge on any atom is 0.413 e. The van der Waals surface area contributed by atoms with E-state index in [1.807, 2.05) is 84.9 Å². The van der Waals surface area contributed by atoms with Crippen molar-refractivity contribution < 1.29 is 14.3 Å². The van der Waals surface area contributed by atoms with E-state index in [9.17, 15) is 9.59 Å². The second kappa shape index (κ2) is 10.3. The van der Waals surface area contributed by atoms with Crippen molar-refractivity contribution >= 4 is 11.9 Å². The number of hydrogen-bond acceptors (Lipinski definition) is 4. The van der Waals surface area contributed by atoms with Gasteiger partial charge in [0.05, 0.1) is 6.20 Å². The van der Waals surface area contributed by atoms with E-state index in [2.05, 4.69) is 5.32 Å². The molecule has 1 heterocycles. The van der Waals surface area contributed by atoms with Gasteiger partial charge in [0.2, 0.25) is 5.43 Å². The zero-order chi connectivity index (χ0) is 24.8. The van der Waals surface area contributed by atoms with Crippen molar-refractivity contribution in [1.29, 1.82) is 0 Å². The smallest absolute Gasteiger partial charge is 0.413 e. The number of nitrogens with zero attached hydrogens (tertiary/aromatic N) is 1. The van der Waals surface area contributed by atoms with Gasteiger partial charge in [0.15, 0.2) is 5.75 Å². The summed E-state index contributed by atoms with van der Waals surface area (Å²) < 4.78 is 13.0. The van der Waals surface area contributed by atoms with Gasteiger partial charge in [-0.1, -0.05) is 72.8 Å². The van der Waals surface area contributed by atoms with Crippen LogP contribution in [0.25, 0.3) is 16.8 Å². The SMILES string of the molecule is CC(C)(C)OC(=O)Nc1cc(=O)c(OCc2ccccc2)cn1-c1cccc(-c2ccccc2)c1. The molecule has 0 aliphatic heterocycles. The molecule has 4 aromatic rings. The zero-order valence-electron chi connectivity index (χ0n) is 20.0. The third-order valence-electron chi connectivity index (χ3n) is 5.11. The first kappa shape index (κ1) is 23.8. The molecule has 6 heteroatoms. The summed E-state index contributed by atoms with van der Waals surface area (Å²) in [5.41, 5.74) is 2.72. The molecule has 4 rings (SSSR count). The van der Waals surface area contributed by atoms with Gasteiger partial charge in [-0.25, -0.2) is 4.79 Å². The Balaban J connectivity index is 1.73. The van der Waals surface area contributed by atoms with Crippen molar-refractivity contribution in [3.8, 4) is 22.6 Å². The van der Waals surface area contributed by atoms with Gasteiger partial charge in [-0.2, -0.15) is 0 Å². The van der Waals surface area contributed by atoms with E-state index in [4.69, 9.17) is 9.47 Å². The van der Waals surface area contributed by atoms with Crippen molar-refractivity contribution in [2.75, 3.05) is 5.32 Å². The number of benzene rings is 3. The monoisotopic (exact) mass is 468 g/mol. The molecule has 0 atom stereocenters. The summed E-state index contributed by atoms with van der Waals surface area (Å²) in [5.74, 6) is 0.454. The summed E-state index contributed by atoms with van der Waals surface area (Å²) in [6.45, 7) is 5.59. The van der Waals surface area contributed by atoms with Crippen LogP contribution in [-0.4, -0.2) is 16.3 Å². The van der Waals surface area contributed by atoms with Gasteiger partial charge in [-0.05, 0) is 49.6 Å². The number of ether oxygens (including phenoxy) is 2. The molecule has 1 amide bonds. The number of rotatable bonds is 6. The molecule has 0 spiro atoms. The topological polar surface area (TPSA) is 69.6 Å². The van der Waals surface area contributed by atoms with E-state index in [0.717, 1.165) is 22.4 Å². The fraction of sp³-hybridized carbons (Fsp3) is 0.172. The van der Waals surface area contributed by atoms with E-state index in [0.29, 0.717) is 0 Å². The number of carbonyl (C=O) groups excluding carboxylic acids is 1. The summed E-state index contributed by atoms with van der Waals surface area (Å²) in [6.07, 6.45) is 0.949. The summed E-state index contributed by atoms with van der Waals surface area (Å²) in [7, 11) is 0. The maximum atomic E-state index is 12.9. The number of hydrogen-bond donors (Lipinski definition) is 1. The average Bonchev–Trinajstić information content (AvgIpc) is 2.83. The van der Waals surface area contributed by atoms with Gasteiger partial charge >= 0.3 is 6.09 Å². The molecule has 0 unspecified atom stereocenters. The van der Waals surface area contributed by atoms with Crippen molar-refractivity contribution in [3.05, 3.63) is 113 Å². The Kier molecular flexibility index (Phi) is 7.01. The van der Waals surface area contributed by atoms with Crippen molar-refractivity contribution in [1.82, 2.24) is 4.57 Å². The van der Waals surface area contributed by atoms with Crippen LogP contribution in [-0.2, 0) is 11.3 Å². The van der Waals surface area contributed by atoms with Gasteiger partial charge < -0.3 is 9.47 Å². The Bertz CT molecular complexity index is 1360. The van der Waals surface area contributed by atoms with Gasteiger partial charge in [0.25, 0.3) is 0 Å². The Morgan fingerprint density at radius 1 is 0.857 bits per heavy atom. The molecule has 0 saturated heterocycles. The Morgan fingerprint density at radius 2 is 1.51 bits per heavy atom. The van der Waals surface area contributed by atoms with Crippen molar-refractivity contribution in [2.45, 2.75) is 33.0 Å². The summed E-state index contributed by atoms with van der Waals surface area (Å²) >= 11 is 0. The Labute approximate surface area is 204 Å². The predicted octanol–water partition coefficient (Wildman–Crippen LogP) is 6.43.